The first-order valence-electron chi connectivity index (χ1n) is 7.60. The molecule has 0 radical (unpaired) electrons. The lowest BCUT2D eigenvalue weighted by molar-refractivity contribution is 0.220. The highest BCUT2D eigenvalue weighted by molar-refractivity contribution is 7.88. The van der Waals surface area contributed by atoms with Crippen molar-refractivity contribution in [1.82, 2.24) is 19.8 Å². The summed E-state index contributed by atoms with van der Waals surface area (Å²) in [5, 5.41) is 12.3. The average molecular weight is 399 g/mol. The van der Waals surface area contributed by atoms with Crippen molar-refractivity contribution >= 4 is 33.1 Å². The lowest BCUT2D eigenvalue weighted by Gasteiger charge is -2.18. The molecule has 9 nitrogen and oxygen atoms in total. The first kappa shape index (κ1) is 20.1. The van der Waals surface area contributed by atoms with E-state index in [4.69, 9.17) is 4.74 Å². The second-order valence-electron chi connectivity index (χ2n) is 5.63. The molecule has 0 aliphatic carbocycles. The topological polar surface area (TPSA) is 114 Å². The molecule has 0 saturated carbocycles. The number of urea groups is 1. The SMILES string of the molecule is COc1ccc(CNS(C)(=O)=O)cc1NC(=O)N(C)Cc1nnc(C)s1. The molecule has 0 fully saturated rings. The number of ether oxygens (including phenoxy) is 1. The van der Waals surface area contributed by atoms with Gasteiger partial charge in [-0.1, -0.05) is 17.4 Å². The Morgan fingerprint density at radius 3 is 2.65 bits per heavy atom. The van der Waals surface area contributed by atoms with Crippen LogP contribution in [0, 0.1) is 6.92 Å². The van der Waals surface area contributed by atoms with Gasteiger partial charge in [0, 0.05) is 13.6 Å². The molecule has 0 saturated heterocycles. The summed E-state index contributed by atoms with van der Waals surface area (Å²) in [6.45, 7) is 2.29. The van der Waals surface area contributed by atoms with Crippen LogP contribution < -0.4 is 14.8 Å². The molecular formula is C15H21N5O4S2. The summed E-state index contributed by atoms with van der Waals surface area (Å²) < 4.78 is 30.1. The minimum absolute atomic E-state index is 0.117. The molecule has 2 amide bonds. The third kappa shape index (κ3) is 5.93. The number of benzene rings is 1. The third-order valence-electron chi connectivity index (χ3n) is 3.33. The fourth-order valence-corrected chi connectivity index (χ4v) is 3.26. The van der Waals surface area contributed by atoms with Gasteiger partial charge in [0.25, 0.3) is 0 Å². The molecule has 0 unspecified atom stereocenters. The monoisotopic (exact) mass is 399 g/mol. The standard InChI is InChI=1S/C15H21N5O4S2/c1-10-18-19-14(25-10)9-20(2)15(21)17-12-7-11(5-6-13(12)24-3)8-16-26(4,22)23/h5-7,16H,8-9H2,1-4H3,(H,17,21). The van der Waals surface area contributed by atoms with Crippen LogP contribution in [0.3, 0.4) is 0 Å². The van der Waals surface area contributed by atoms with Crippen LogP contribution in [0.1, 0.15) is 15.6 Å². The predicted octanol–water partition coefficient (Wildman–Crippen LogP) is 1.57. The van der Waals surface area contributed by atoms with Gasteiger partial charge < -0.3 is 15.0 Å². The number of nitrogens with zero attached hydrogens (tertiary/aromatic N) is 3. The summed E-state index contributed by atoms with van der Waals surface area (Å²) in [5.74, 6) is 0.474. The summed E-state index contributed by atoms with van der Waals surface area (Å²) in [7, 11) is -0.169. The first-order chi connectivity index (χ1) is 12.2. The molecule has 1 heterocycles. The minimum Gasteiger partial charge on any atom is -0.495 e. The summed E-state index contributed by atoms with van der Waals surface area (Å²) in [6, 6.07) is 4.71. The van der Waals surface area contributed by atoms with E-state index < -0.39 is 10.0 Å². The normalized spacial score (nSPS) is 11.2. The van der Waals surface area contributed by atoms with E-state index >= 15 is 0 Å². The number of nitrogens with one attached hydrogen (secondary N) is 2. The first-order valence-corrected chi connectivity index (χ1v) is 10.3. The zero-order valence-corrected chi connectivity index (χ0v) is 16.6. The van der Waals surface area contributed by atoms with E-state index in [0.717, 1.165) is 16.3 Å². The number of aromatic nitrogens is 2. The number of hydrogen-bond acceptors (Lipinski definition) is 7. The van der Waals surface area contributed by atoms with Gasteiger partial charge in [0.1, 0.15) is 15.8 Å². The number of amides is 2. The highest BCUT2D eigenvalue weighted by atomic mass is 32.2. The molecule has 0 bridgehead atoms. The second-order valence-corrected chi connectivity index (χ2v) is 8.73. The van der Waals surface area contributed by atoms with Crippen molar-refractivity contribution in [3.63, 3.8) is 0 Å². The molecule has 0 atom stereocenters. The largest absolute Gasteiger partial charge is 0.495 e. The fraction of sp³-hybridized carbons (Fsp3) is 0.400. The maximum Gasteiger partial charge on any atom is 0.322 e. The molecule has 0 aliphatic rings. The molecule has 0 spiro atoms. The highest BCUT2D eigenvalue weighted by Gasteiger charge is 2.15. The molecule has 0 aliphatic heterocycles. The molecule has 2 N–H and O–H groups in total. The Morgan fingerprint density at radius 1 is 1.35 bits per heavy atom. The van der Waals surface area contributed by atoms with E-state index in [1.807, 2.05) is 6.92 Å². The third-order valence-corrected chi connectivity index (χ3v) is 4.82. The zero-order chi connectivity index (χ0) is 19.3. The van der Waals surface area contributed by atoms with Crippen LogP contribution in [0.5, 0.6) is 5.75 Å². The summed E-state index contributed by atoms with van der Waals surface area (Å²) in [4.78, 5) is 13.9. The van der Waals surface area contributed by atoms with Crippen LogP contribution in [0.25, 0.3) is 0 Å². The summed E-state index contributed by atoms with van der Waals surface area (Å²) in [6.07, 6.45) is 1.09. The van der Waals surface area contributed by atoms with E-state index in [0.29, 0.717) is 23.5 Å². The maximum absolute atomic E-state index is 12.4. The van der Waals surface area contributed by atoms with Gasteiger partial charge in [-0.2, -0.15) is 0 Å². The van der Waals surface area contributed by atoms with Crippen molar-refractivity contribution in [3.8, 4) is 5.75 Å². The summed E-state index contributed by atoms with van der Waals surface area (Å²) >= 11 is 1.43. The van der Waals surface area contributed by atoms with E-state index in [2.05, 4.69) is 20.2 Å². The van der Waals surface area contributed by atoms with Crippen molar-refractivity contribution in [3.05, 3.63) is 33.8 Å². The van der Waals surface area contributed by atoms with E-state index in [1.54, 1.807) is 25.2 Å². The Bertz CT molecular complexity index is 882. The quantitative estimate of drug-likeness (QED) is 0.731. The van der Waals surface area contributed by atoms with Crippen molar-refractivity contribution in [2.75, 3.05) is 25.7 Å². The Labute approximate surface area is 156 Å². The number of hydrogen-bond donors (Lipinski definition) is 2. The Morgan fingerprint density at radius 2 is 2.08 bits per heavy atom. The molecule has 1 aromatic heterocycles. The molecule has 11 heteroatoms. The lowest BCUT2D eigenvalue weighted by atomic mass is 10.2. The van der Waals surface area contributed by atoms with Gasteiger partial charge in [-0.15, -0.1) is 10.2 Å². The molecule has 2 rings (SSSR count). The van der Waals surface area contributed by atoms with Crippen LogP contribution in [0.15, 0.2) is 18.2 Å². The molecule has 26 heavy (non-hydrogen) atoms. The van der Waals surface area contributed by atoms with Gasteiger partial charge in [0.2, 0.25) is 10.0 Å². The van der Waals surface area contributed by atoms with Gasteiger partial charge in [-0.05, 0) is 24.6 Å². The number of methoxy groups -OCH3 is 1. The number of carbonyl (C=O) groups is 1. The lowest BCUT2D eigenvalue weighted by Crippen LogP contribution is -2.31. The van der Waals surface area contributed by atoms with Gasteiger partial charge in [-0.25, -0.2) is 17.9 Å². The van der Waals surface area contributed by atoms with Crippen LogP contribution in [0.2, 0.25) is 0 Å². The maximum atomic E-state index is 12.4. The van der Waals surface area contributed by atoms with Crippen LogP contribution in [-0.4, -0.2) is 50.0 Å². The number of anilines is 1. The smallest absolute Gasteiger partial charge is 0.322 e. The Balaban J connectivity index is 2.09. The Hall–Kier alpha value is -2.24. The second kappa shape index (κ2) is 8.43. The Kier molecular flexibility index (Phi) is 6.51. The number of sulfonamides is 1. The number of carbonyl (C=O) groups excluding carboxylic acids is 1. The van der Waals surface area contributed by atoms with Crippen LogP contribution in [0.4, 0.5) is 10.5 Å². The van der Waals surface area contributed by atoms with Crippen molar-refractivity contribution in [1.29, 1.82) is 0 Å². The predicted molar refractivity (Wildman–Crippen MR) is 99.8 cm³/mol. The van der Waals surface area contributed by atoms with Gasteiger partial charge >= 0.3 is 6.03 Å². The summed E-state index contributed by atoms with van der Waals surface area (Å²) in [5.41, 5.74) is 1.14. The van der Waals surface area contributed by atoms with Crippen molar-refractivity contribution < 1.29 is 17.9 Å². The van der Waals surface area contributed by atoms with E-state index in [9.17, 15) is 13.2 Å². The van der Waals surface area contributed by atoms with Gasteiger partial charge in [0.05, 0.1) is 25.6 Å². The molecular weight excluding hydrogens is 378 g/mol. The van der Waals surface area contributed by atoms with E-state index in [1.165, 1.54) is 23.3 Å². The zero-order valence-electron chi connectivity index (χ0n) is 14.9. The van der Waals surface area contributed by atoms with Crippen molar-refractivity contribution in [2.45, 2.75) is 20.0 Å². The van der Waals surface area contributed by atoms with Gasteiger partial charge in [0.15, 0.2) is 0 Å². The minimum atomic E-state index is -3.31. The highest BCUT2D eigenvalue weighted by Crippen LogP contribution is 2.26. The van der Waals surface area contributed by atoms with Crippen molar-refractivity contribution in [2.24, 2.45) is 0 Å². The van der Waals surface area contributed by atoms with E-state index in [-0.39, 0.29) is 12.6 Å². The van der Waals surface area contributed by atoms with Gasteiger partial charge in [-0.3, -0.25) is 0 Å². The fourth-order valence-electron chi connectivity index (χ4n) is 2.06. The number of rotatable bonds is 7. The molecule has 142 valence electrons. The van der Waals surface area contributed by atoms with Crippen LogP contribution in [-0.2, 0) is 23.1 Å². The molecule has 2 aromatic rings. The number of aryl methyl sites for hydroxylation is 1. The average Bonchev–Trinajstić information content (AvgIpc) is 2.97. The molecule has 1 aromatic carbocycles. The van der Waals surface area contributed by atoms with Crippen LogP contribution >= 0.6 is 11.3 Å².